The van der Waals surface area contributed by atoms with Crippen molar-refractivity contribution in [2.75, 3.05) is 36.4 Å². The molecule has 0 spiro atoms. The highest BCUT2D eigenvalue weighted by Gasteiger charge is 2.35. The smallest absolute Gasteiger partial charge is 0.368 e. The lowest BCUT2D eigenvalue weighted by molar-refractivity contribution is -0.137. The first-order chi connectivity index (χ1) is 17.4. The number of nitrogens with one attached hydrogen (secondary N) is 3. The van der Waals surface area contributed by atoms with Crippen LogP contribution in [0.2, 0.25) is 0 Å². The van der Waals surface area contributed by atoms with Gasteiger partial charge in [0.1, 0.15) is 0 Å². The quantitative estimate of drug-likeness (QED) is 0.296. The monoisotopic (exact) mass is 566 g/mol. The van der Waals surface area contributed by atoms with E-state index in [9.17, 15) is 18.0 Å². The van der Waals surface area contributed by atoms with Crippen LogP contribution in [0.15, 0.2) is 61.1 Å². The summed E-state index contributed by atoms with van der Waals surface area (Å²) in [5.74, 6) is -0.458. The van der Waals surface area contributed by atoms with Crippen molar-refractivity contribution < 1.29 is 18.0 Å². The van der Waals surface area contributed by atoms with E-state index in [0.29, 0.717) is 43.8 Å². The molecule has 3 heterocycles. The highest BCUT2D eigenvalue weighted by Crippen LogP contribution is 2.38. The number of carbonyl (C=O) groups is 1. The topological polar surface area (TPSA) is 85.9 Å². The third kappa shape index (κ3) is 6.75. The molecule has 3 N–H and O–H groups in total. The van der Waals surface area contributed by atoms with Crippen molar-refractivity contribution in [3.8, 4) is 0 Å². The Balaban J connectivity index is 0.00000200. The summed E-state index contributed by atoms with van der Waals surface area (Å²) in [6.45, 7) is 2.24. The van der Waals surface area contributed by atoms with Gasteiger partial charge in [0.15, 0.2) is 5.65 Å². The summed E-state index contributed by atoms with van der Waals surface area (Å²) in [6.07, 6.45) is 0.242. The maximum absolute atomic E-state index is 13.8. The van der Waals surface area contributed by atoms with Gasteiger partial charge in [0, 0.05) is 49.3 Å². The molecule has 1 aliphatic rings. The first-order valence-corrected chi connectivity index (χ1v) is 11.7. The van der Waals surface area contributed by atoms with Crippen molar-refractivity contribution in [1.29, 1.82) is 0 Å². The van der Waals surface area contributed by atoms with E-state index in [1.165, 1.54) is 12.1 Å². The van der Waals surface area contributed by atoms with Crippen LogP contribution in [0.4, 0.5) is 24.5 Å². The van der Waals surface area contributed by atoms with Gasteiger partial charge < -0.3 is 20.5 Å². The molecule has 4 aromatic rings. The van der Waals surface area contributed by atoms with Crippen LogP contribution in [-0.2, 0) is 19.0 Å². The average molecular weight is 567 g/mol. The van der Waals surface area contributed by atoms with Gasteiger partial charge in [-0.2, -0.15) is 13.2 Å². The number of aryl methyl sites for hydroxylation is 2. The van der Waals surface area contributed by atoms with E-state index >= 15 is 0 Å². The van der Waals surface area contributed by atoms with Crippen LogP contribution < -0.4 is 15.5 Å². The fourth-order valence-corrected chi connectivity index (χ4v) is 4.39. The van der Waals surface area contributed by atoms with E-state index in [-0.39, 0.29) is 36.2 Å². The molecule has 0 atom stereocenters. The molecule has 0 aliphatic carbocycles. The molecule has 38 heavy (non-hydrogen) atoms. The number of alkyl halides is 3. The number of piperazine rings is 1. The summed E-state index contributed by atoms with van der Waals surface area (Å²) in [5, 5.41) is 5.77. The first-order valence-electron chi connectivity index (χ1n) is 11.7. The van der Waals surface area contributed by atoms with Crippen molar-refractivity contribution >= 4 is 53.3 Å². The predicted molar refractivity (Wildman–Crippen MR) is 147 cm³/mol. The number of carbonyl (C=O) groups excluding carboxylic acids is 1. The van der Waals surface area contributed by atoms with E-state index in [1.54, 1.807) is 35.6 Å². The Bertz CT molecular complexity index is 1390. The number of halogens is 5. The summed E-state index contributed by atoms with van der Waals surface area (Å²) in [5.41, 5.74) is 3.37. The lowest BCUT2D eigenvalue weighted by atomic mass is 10.0. The molecule has 12 heteroatoms. The molecule has 202 valence electrons. The van der Waals surface area contributed by atoms with Gasteiger partial charge in [-0.1, -0.05) is 12.1 Å². The second-order valence-electron chi connectivity index (χ2n) is 8.74. The highest BCUT2D eigenvalue weighted by molar-refractivity contribution is 6.04. The molecule has 1 saturated heterocycles. The Morgan fingerprint density at radius 3 is 2.50 bits per heavy atom. The SMILES string of the molecule is Cl.Cl.O=C(Nc1ccc(N2CCNCC2)c(C(F)(F)F)c1)c1cccc(CCc2cnc3nc[nH]c3c2)c1. The van der Waals surface area contributed by atoms with Crippen LogP contribution in [0.1, 0.15) is 27.0 Å². The zero-order chi connectivity index (χ0) is 25.1. The molecule has 1 aliphatic heterocycles. The number of fused-ring (bicyclic) bond motifs is 1. The van der Waals surface area contributed by atoms with Crippen LogP contribution in [0, 0.1) is 0 Å². The zero-order valence-electron chi connectivity index (χ0n) is 20.2. The Morgan fingerprint density at radius 1 is 0.974 bits per heavy atom. The Labute approximate surface area is 230 Å². The maximum atomic E-state index is 13.8. The van der Waals surface area contributed by atoms with Crippen molar-refractivity contribution in [1.82, 2.24) is 20.3 Å². The molecule has 0 radical (unpaired) electrons. The lowest BCUT2D eigenvalue weighted by Crippen LogP contribution is -2.44. The van der Waals surface area contributed by atoms with E-state index in [4.69, 9.17) is 0 Å². The molecule has 5 rings (SSSR count). The maximum Gasteiger partial charge on any atom is 0.418 e. The summed E-state index contributed by atoms with van der Waals surface area (Å²) in [7, 11) is 0. The molecule has 0 unspecified atom stereocenters. The number of rotatable bonds is 6. The Hall–Kier alpha value is -3.34. The van der Waals surface area contributed by atoms with E-state index < -0.39 is 17.6 Å². The van der Waals surface area contributed by atoms with Gasteiger partial charge in [-0.3, -0.25) is 4.79 Å². The fourth-order valence-electron chi connectivity index (χ4n) is 4.39. The molecule has 7 nitrogen and oxygen atoms in total. The van der Waals surface area contributed by atoms with Gasteiger partial charge in [-0.25, -0.2) is 9.97 Å². The highest BCUT2D eigenvalue weighted by atomic mass is 35.5. The summed E-state index contributed by atoms with van der Waals surface area (Å²) in [4.78, 5) is 26.1. The molecule has 0 saturated carbocycles. The number of benzene rings is 2. The number of anilines is 2. The van der Waals surface area contributed by atoms with Crippen molar-refractivity contribution in [2.45, 2.75) is 19.0 Å². The second kappa shape index (κ2) is 12.5. The Kier molecular flexibility index (Phi) is 9.59. The fraction of sp³-hybridized carbons (Fsp3) is 0.269. The average Bonchev–Trinajstić information content (AvgIpc) is 3.36. The standard InChI is InChI=1S/C26H25F3N6O.2ClH/c27-26(28,29)21-14-20(6-7-23(21)35-10-8-30-9-11-35)34-25(36)19-3-1-2-17(12-19)4-5-18-13-22-24(31-15-18)33-16-32-22;;/h1-3,6-7,12-16,30H,4-5,8-11H2,(H,34,36)(H,31,32,33);2*1H. The molecular formula is C26H27Cl2F3N6O. The summed E-state index contributed by atoms with van der Waals surface area (Å²) in [6, 6.07) is 13.1. The number of pyridine rings is 1. The minimum Gasteiger partial charge on any atom is -0.368 e. The number of aromatic nitrogens is 3. The van der Waals surface area contributed by atoms with E-state index in [0.717, 1.165) is 29.1 Å². The summed E-state index contributed by atoms with van der Waals surface area (Å²) >= 11 is 0. The van der Waals surface area contributed by atoms with Crippen molar-refractivity contribution in [3.05, 3.63) is 83.3 Å². The van der Waals surface area contributed by atoms with E-state index in [2.05, 4.69) is 25.6 Å². The zero-order valence-corrected chi connectivity index (χ0v) is 21.8. The minimum absolute atomic E-state index is 0. The second-order valence-corrected chi connectivity index (χ2v) is 8.74. The number of hydrogen-bond donors (Lipinski definition) is 3. The van der Waals surface area contributed by atoms with Crippen molar-refractivity contribution in [2.24, 2.45) is 0 Å². The number of amides is 1. The minimum atomic E-state index is -4.53. The van der Waals surface area contributed by atoms with Crippen LogP contribution >= 0.6 is 24.8 Å². The van der Waals surface area contributed by atoms with E-state index in [1.807, 2.05) is 12.1 Å². The molecular weight excluding hydrogens is 540 g/mol. The number of H-pyrrole nitrogens is 1. The number of imidazole rings is 1. The molecule has 0 bridgehead atoms. The van der Waals surface area contributed by atoms with Gasteiger partial charge in [-0.05, 0) is 60.4 Å². The van der Waals surface area contributed by atoms with Crippen LogP contribution in [0.25, 0.3) is 11.2 Å². The third-order valence-corrected chi connectivity index (χ3v) is 6.24. The number of aromatic amines is 1. The van der Waals surface area contributed by atoms with Gasteiger partial charge in [-0.15, -0.1) is 24.8 Å². The van der Waals surface area contributed by atoms with Crippen LogP contribution in [0.5, 0.6) is 0 Å². The van der Waals surface area contributed by atoms with Crippen LogP contribution in [-0.4, -0.2) is 47.0 Å². The van der Waals surface area contributed by atoms with Crippen molar-refractivity contribution in [3.63, 3.8) is 0 Å². The molecule has 2 aromatic carbocycles. The summed E-state index contributed by atoms with van der Waals surface area (Å²) < 4.78 is 41.5. The largest absolute Gasteiger partial charge is 0.418 e. The first kappa shape index (κ1) is 29.2. The number of hydrogen-bond acceptors (Lipinski definition) is 5. The normalized spacial score (nSPS) is 13.5. The lowest BCUT2D eigenvalue weighted by Gasteiger charge is -2.31. The third-order valence-electron chi connectivity index (χ3n) is 6.24. The van der Waals surface area contributed by atoms with Gasteiger partial charge in [0.05, 0.1) is 17.4 Å². The predicted octanol–water partition coefficient (Wildman–Crippen LogP) is 5.27. The molecule has 1 amide bonds. The Morgan fingerprint density at radius 2 is 1.74 bits per heavy atom. The van der Waals surface area contributed by atoms with Crippen LogP contribution in [0.3, 0.4) is 0 Å². The number of nitrogens with zero attached hydrogens (tertiary/aromatic N) is 3. The molecule has 1 fully saturated rings. The van der Waals surface area contributed by atoms with Gasteiger partial charge >= 0.3 is 6.18 Å². The van der Waals surface area contributed by atoms with Gasteiger partial charge in [0.25, 0.3) is 5.91 Å². The molecule has 2 aromatic heterocycles. The van der Waals surface area contributed by atoms with Gasteiger partial charge in [0.2, 0.25) is 0 Å².